The number of benzene rings is 2. The fraction of sp³-hybridized carbons (Fsp3) is 0.188. The van der Waals surface area contributed by atoms with E-state index in [-0.39, 0.29) is 6.61 Å². The van der Waals surface area contributed by atoms with Crippen LogP contribution in [-0.4, -0.2) is 10.8 Å². The smallest absolute Gasteiger partial charge is 0.0683 e. The van der Waals surface area contributed by atoms with Crippen molar-refractivity contribution < 1.29 is 5.11 Å². The van der Waals surface area contributed by atoms with E-state index in [2.05, 4.69) is 57.6 Å². The van der Waals surface area contributed by atoms with Crippen molar-refractivity contribution in [1.82, 2.24) is 0 Å². The molecule has 0 unspecified atom stereocenters. The van der Waals surface area contributed by atoms with Gasteiger partial charge in [0.1, 0.15) is 0 Å². The summed E-state index contributed by atoms with van der Waals surface area (Å²) in [6, 6.07) is 10.2. The molecule has 0 saturated carbocycles. The summed E-state index contributed by atoms with van der Waals surface area (Å²) < 4.78 is 2.29. The maximum atomic E-state index is 9.30. The van der Waals surface area contributed by atoms with Crippen LogP contribution in [0.4, 0.5) is 5.69 Å². The van der Waals surface area contributed by atoms with Crippen LogP contribution in [-0.2, 0) is 13.0 Å². The molecule has 20 heavy (non-hydrogen) atoms. The van der Waals surface area contributed by atoms with Gasteiger partial charge in [0.05, 0.1) is 18.0 Å². The lowest BCUT2D eigenvalue weighted by Crippen LogP contribution is -2.04. The van der Waals surface area contributed by atoms with E-state index in [0.29, 0.717) is 0 Å². The maximum absolute atomic E-state index is 9.30. The standard InChI is InChI=1S/C16H13BrINO/c1-9-11(3-2-4-13(9)17)16-7-12-14(18)5-10(8-20)6-15(12)19-16/h2-6,20H,7-8H2,1H3. The molecule has 1 aliphatic heterocycles. The van der Waals surface area contributed by atoms with Gasteiger partial charge in [0.15, 0.2) is 0 Å². The summed E-state index contributed by atoms with van der Waals surface area (Å²) in [5.74, 6) is 0. The Morgan fingerprint density at radius 2 is 2.15 bits per heavy atom. The Morgan fingerprint density at radius 3 is 2.90 bits per heavy atom. The van der Waals surface area contributed by atoms with E-state index in [1.54, 1.807) is 0 Å². The first-order valence-electron chi connectivity index (χ1n) is 6.35. The highest BCUT2D eigenvalue weighted by Gasteiger charge is 2.20. The van der Waals surface area contributed by atoms with Gasteiger partial charge in [-0.2, -0.15) is 0 Å². The molecule has 0 atom stereocenters. The van der Waals surface area contributed by atoms with Crippen molar-refractivity contribution in [2.75, 3.05) is 0 Å². The van der Waals surface area contributed by atoms with Crippen LogP contribution < -0.4 is 0 Å². The fourth-order valence-corrected chi connectivity index (χ4v) is 3.70. The molecule has 2 nitrogen and oxygen atoms in total. The number of hydrogen-bond acceptors (Lipinski definition) is 2. The van der Waals surface area contributed by atoms with Gasteiger partial charge in [0.2, 0.25) is 0 Å². The highest BCUT2D eigenvalue weighted by molar-refractivity contribution is 14.1. The molecule has 0 bridgehead atoms. The van der Waals surface area contributed by atoms with Gasteiger partial charge < -0.3 is 5.11 Å². The van der Waals surface area contributed by atoms with Gasteiger partial charge in [-0.15, -0.1) is 0 Å². The molecule has 2 aromatic rings. The minimum Gasteiger partial charge on any atom is -0.392 e. The molecule has 0 saturated heterocycles. The Labute approximate surface area is 140 Å². The van der Waals surface area contributed by atoms with E-state index in [4.69, 9.17) is 4.99 Å². The number of fused-ring (bicyclic) bond motifs is 1. The van der Waals surface area contributed by atoms with Crippen LogP contribution in [0.2, 0.25) is 0 Å². The van der Waals surface area contributed by atoms with Crippen molar-refractivity contribution in [2.24, 2.45) is 4.99 Å². The van der Waals surface area contributed by atoms with Gasteiger partial charge in [0.25, 0.3) is 0 Å². The second kappa shape index (κ2) is 5.58. The molecule has 102 valence electrons. The minimum atomic E-state index is 0.0596. The van der Waals surface area contributed by atoms with E-state index in [1.807, 2.05) is 18.2 Å². The molecule has 4 heteroatoms. The molecule has 0 aromatic heterocycles. The van der Waals surface area contributed by atoms with Crippen molar-refractivity contribution in [1.29, 1.82) is 0 Å². The summed E-state index contributed by atoms with van der Waals surface area (Å²) in [6.45, 7) is 2.17. The summed E-state index contributed by atoms with van der Waals surface area (Å²) in [5.41, 5.74) is 6.69. The molecule has 0 amide bonds. The highest BCUT2D eigenvalue weighted by atomic mass is 127. The van der Waals surface area contributed by atoms with Gasteiger partial charge in [-0.1, -0.05) is 28.1 Å². The van der Waals surface area contributed by atoms with Crippen LogP contribution in [0.5, 0.6) is 0 Å². The lowest BCUT2D eigenvalue weighted by Gasteiger charge is -2.07. The average molecular weight is 442 g/mol. The second-order valence-electron chi connectivity index (χ2n) is 4.88. The van der Waals surface area contributed by atoms with Gasteiger partial charge >= 0.3 is 0 Å². The normalized spacial score (nSPS) is 13.3. The topological polar surface area (TPSA) is 32.6 Å². The molecule has 0 aliphatic carbocycles. The van der Waals surface area contributed by atoms with Crippen LogP contribution in [0, 0.1) is 10.5 Å². The van der Waals surface area contributed by atoms with E-state index < -0.39 is 0 Å². The van der Waals surface area contributed by atoms with Crippen molar-refractivity contribution in [3.05, 3.63) is 60.6 Å². The zero-order chi connectivity index (χ0) is 14.3. The fourth-order valence-electron chi connectivity index (χ4n) is 2.47. The molecule has 2 aromatic carbocycles. The van der Waals surface area contributed by atoms with Crippen molar-refractivity contribution >= 4 is 49.9 Å². The molecule has 0 fully saturated rings. The van der Waals surface area contributed by atoms with E-state index >= 15 is 0 Å². The molecular weight excluding hydrogens is 429 g/mol. The zero-order valence-electron chi connectivity index (χ0n) is 11.0. The number of aliphatic imine (C=N–C) groups is 1. The molecule has 3 rings (SSSR count). The van der Waals surface area contributed by atoms with E-state index in [1.165, 1.54) is 20.3 Å². The third kappa shape index (κ3) is 2.44. The molecule has 1 heterocycles. The van der Waals surface area contributed by atoms with Crippen LogP contribution in [0.25, 0.3) is 0 Å². The zero-order valence-corrected chi connectivity index (χ0v) is 14.7. The Hall–Kier alpha value is -0.720. The predicted octanol–water partition coefficient (Wildman–Crippen LogP) is 4.53. The van der Waals surface area contributed by atoms with E-state index in [0.717, 1.165) is 27.9 Å². The molecule has 1 aliphatic rings. The molecule has 1 N–H and O–H groups in total. The summed E-state index contributed by atoms with van der Waals surface area (Å²) in [6.07, 6.45) is 0.858. The first-order chi connectivity index (χ1) is 9.60. The first kappa shape index (κ1) is 14.2. The average Bonchev–Trinajstić information content (AvgIpc) is 2.86. The number of halogens is 2. The second-order valence-corrected chi connectivity index (χ2v) is 6.90. The van der Waals surface area contributed by atoms with Crippen molar-refractivity contribution in [2.45, 2.75) is 20.0 Å². The van der Waals surface area contributed by atoms with E-state index in [9.17, 15) is 5.11 Å². The van der Waals surface area contributed by atoms with Crippen molar-refractivity contribution in [3.63, 3.8) is 0 Å². The number of nitrogens with zero attached hydrogens (tertiary/aromatic N) is 1. The monoisotopic (exact) mass is 441 g/mol. The minimum absolute atomic E-state index is 0.0596. The Balaban J connectivity index is 2.07. The van der Waals surface area contributed by atoms with Crippen LogP contribution in [0.3, 0.4) is 0 Å². The van der Waals surface area contributed by atoms with Gasteiger partial charge in [-0.3, -0.25) is 4.99 Å². The van der Waals surface area contributed by atoms with Gasteiger partial charge in [0, 0.05) is 20.0 Å². The van der Waals surface area contributed by atoms with Crippen LogP contribution in [0.1, 0.15) is 22.3 Å². The summed E-state index contributed by atoms with van der Waals surface area (Å²) in [5, 5.41) is 9.30. The van der Waals surface area contributed by atoms with Gasteiger partial charge in [-0.05, 0) is 64.4 Å². The molecular formula is C16H13BrINO. The predicted molar refractivity (Wildman–Crippen MR) is 93.9 cm³/mol. The van der Waals surface area contributed by atoms with Crippen LogP contribution in [0.15, 0.2) is 39.8 Å². The largest absolute Gasteiger partial charge is 0.392 e. The quantitative estimate of drug-likeness (QED) is 0.682. The summed E-state index contributed by atoms with van der Waals surface area (Å²) in [4.78, 5) is 4.77. The third-order valence-electron chi connectivity index (χ3n) is 3.59. The Kier molecular flexibility index (Phi) is 3.97. The van der Waals surface area contributed by atoms with Gasteiger partial charge in [-0.25, -0.2) is 0 Å². The SMILES string of the molecule is Cc1c(Br)cccc1C1=Nc2cc(CO)cc(I)c2C1. The molecule has 0 spiro atoms. The number of aliphatic hydroxyl groups excluding tert-OH is 1. The number of hydrogen-bond donors (Lipinski definition) is 1. The Bertz CT molecular complexity index is 725. The highest BCUT2D eigenvalue weighted by Crippen LogP contribution is 2.35. The maximum Gasteiger partial charge on any atom is 0.0683 e. The first-order valence-corrected chi connectivity index (χ1v) is 8.22. The number of aliphatic hydroxyl groups is 1. The lowest BCUT2D eigenvalue weighted by molar-refractivity contribution is 0.282. The Morgan fingerprint density at radius 1 is 1.35 bits per heavy atom. The number of rotatable bonds is 2. The lowest BCUT2D eigenvalue weighted by atomic mass is 10.00. The van der Waals surface area contributed by atoms with Crippen LogP contribution >= 0.6 is 38.5 Å². The van der Waals surface area contributed by atoms with Crippen molar-refractivity contribution in [3.8, 4) is 0 Å². The summed E-state index contributed by atoms with van der Waals surface area (Å²) in [7, 11) is 0. The third-order valence-corrected chi connectivity index (χ3v) is 5.41. The summed E-state index contributed by atoms with van der Waals surface area (Å²) >= 11 is 5.90. The molecule has 0 radical (unpaired) electrons.